The van der Waals surface area contributed by atoms with E-state index in [2.05, 4.69) is 21.2 Å². The van der Waals surface area contributed by atoms with E-state index in [9.17, 15) is 8.42 Å². The van der Waals surface area contributed by atoms with Crippen LogP contribution in [-0.4, -0.2) is 46.1 Å². The van der Waals surface area contributed by atoms with Crippen LogP contribution in [0.4, 0.5) is 0 Å². The van der Waals surface area contributed by atoms with E-state index in [1.165, 1.54) is 4.31 Å². The van der Waals surface area contributed by atoms with Crippen LogP contribution >= 0.6 is 15.9 Å². The number of nitrogens with zero attached hydrogens (tertiary/aromatic N) is 1. The van der Waals surface area contributed by atoms with Gasteiger partial charge in [-0.25, -0.2) is 8.42 Å². The zero-order valence-electron chi connectivity index (χ0n) is 12.9. The van der Waals surface area contributed by atoms with Crippen LogP contribution in [0.15, 0.2) is 27.6 Å². The van der Waals surface area contributed by atoms with Crippen molar-refractivity contribution in [3.63, 3.8) is 0 Å². The summed E-state index contributed by atoms with van der Waals surface area (Å²) in [4.78, 5) is 0.284. The molecule has 0 aromatic heterocycles. The smallest absolute Gasteiger partial charge is 0.244 e. The number of methoxy groups -OCH3 is 1. The van der Waals surface area contributed by atoms with Crippen molar-refractivity contribution in [3.8, 4) is 0 Å². The van der Waals surface area contributed by atoms with E-state index in [1.807, 2.05) is 33.0 Å². The molecule has 120 valence electrons. The van der Waals surface area contributed by atoms with Crippen LogP contribution in [-0.2, 0) is 21.3 Å². The number of hydrogen-bond donors (Lipinski definition) is 1. The maximum absolute atomic E-state index is 12.8. The molecule has 0 heterocycles. The molecule has 0 radical (unpaired) electrons. The Labute approximate surface area is 135 Å². The molecule has 0 fully saturated rings. The minimum Gasteiger partial charge on any atom is -0.383 e. The molecule has 0 bridgehead atoms. The van der Waals surface area contributed by atoms with Crippen LogP contribution in [0.5, 0.6) is 0 Å². The first-order valence-electron chi connectivity index (χ1n) is 6.82. The van der Waals surface area contributed by atoms with Crippen LogP contribution in [0, 0.1) is 0 Å². The molecule has 0 aliphatic rings. The molecule has 0 saturated heterocycles. The minimum atomic E-state index is -3.55. The molecule has 1 atom stereocenters. The lowest BCUT2D eigenvalue weighted by molar-refractivity contribution is 0.142. The van der Waals surface area contributed by atoms with Crippen LogP contribution in [0.3, 0.4) is 0 Å². The SMILES string of the molecule is CCN(C(C)COC)S(=O)(=O)c1ccc(CNC)cc1Br. The number of ether oxygens (including phenoxy) is 1. The second-order valence-corrected chi connectivity index (χ2v) is 7.52. The standard InChI is InChI=1S/C14H23BrN2O3S/c1-5-17(11(2)10-20-4)21(18,19)14-7-6-12(9-16-3)8-13(14)15/h6-8,11,16H,5,9-10H2,1-4H3. The number of benzene rings is 1. The summed E-state index contributed by atoms with van der Waals surface area (Å²) in [6.07, 6.45) is 0. The van der Waals surface area contributed by atoms with E-state index in [4.69, 9.17) is 4.74 Å². The Balaban J connectivity index is 3.16. The second kappa shape index (κ2) is 8.24. The van der Waals surface area contributed by atoms with Crippen molar-refractivity contribution in [2.24, 2.45) is 0 Å². The topological polar surface area (TPSA) is 58.6 Å². The largest absolute Gasteiger partial charge is 0.383 e. The second-order valence-electron chi connectivity index (χ2n) is 4.81. The predicted octanol–water partition coefficient (Wildman–Crippen LogP) is 2.21. The molecule has 5 nitrogen and oxygen atoms in total. The third-order valence-electron chi connectivity index (χ3n) is 3.17. The Bertz CT molecular complexity index is 563. The van der Waals surface area contributed by atoms with E-state index in [-0.39, 0.29) is 10.9 Å². The van der Waals surface area contributed by atoms with Crippen molar-refractivity contribution in [2.45, 2.75) is 31.3 Å². The highest BCUT2D eigenvalue weighted by Gasteiger charge is 2.29. The normalized spacial score (nSPS) is 13.6. The summed E-state index contributed by atoms with van der Waals surface area (Å²) in [5.41, 5.74) is 1.02. The van der Waals surface area contributed by atoms with E-state index >= 15 is 0 Å². The van der Waals surface area contributed by atoms with Gasteiger partial charge in [0, 0.05) is 30.7 Å². The fourth-order valence-electron chi connectivity index (χ4n) is 2.24. The number of rotatable bonds is 8. The molecule has 0 aliphatic heterocycles. The van der Waals surface area contributed by atoms with Gasteiger partial charge in [0.2, 0.25) is 10.0 Å². The first-order valence-corrected chi connectivity index (χ1v) is 9.05. The van der Waals surface area contributed by atoms with E-state index in [0.29, 0.717) is 24.2 Å². The number of nitrogens with one attached hydrogen (secondary N) is 1. The molecule has 0 amide bonds. The molecule has 21 heavy (non-hydrogen) atoms. The summed E-state index contributed by atoms with van der Waals surface area (Å²) in [5.74, 6) is 0. The lowest BCUT2D eigenvalue weighted by Crippen LogP contribution is -2.41. The molecule has 1 N–H and O–H groups in total. The summed E-state index contributed by atoms with van der Waals surface area (Å²) < 4.78 is 32.7. The van der Waals surface area contributed by atoms with Gasteiger partial charge in [0.15, 0.2) is 0 Å². The van der Waals surface area contributed by atoms with Crippen molar-refractivity contribution < 1.29 is 13.2 Å². The average Bonchev–Trinajstić information content (AvgIpc) is 2.39. The Morgan fingerprint density at radius 2 is 2.10 bits per heavy atom. The first-order chi connectivity index (χ1) is 9.88. The molecule has 0 spiro atoms. The summed E-state index contributed by atoms with van der Waals surface area (Å²) in [5, 5.41) is 3.04. The minimum absolute atomic E-state index is 0.214. The van der Waals surface area contributed by atoms with E-state index in [1.54, 1.807) is 13.2 Å². The zero-order valence-corrected chi connectivity index (χ0v) is 15.3. The van der Waals surface area contributed by atoms with Gasteiger partial charge in [-0.1, -0.05) is 13.0 Å². The van der Waals surface area contributed by atoms with E-state index in [0.717, 1.165) is 5.56 Å². The van der Waals surface area contributed by atoms with Gasteiger partial charge in [-0.05, 0) is 47.6 Å². The predicted molar refractivity (Wildman–Crippen MR) is 87.8 cm³/mol. The van der Waals surface area contributed by atoms with Gasteiger partial charge in [0.05, 0.1) is 11.5 Å². The van der Waals surface area contributed by atoms with Gasteiger partial charge >= 0.3 is 0 Å². The van der Waals surface area contributed by atoms with Gasteiger partial charge < -0.3 is 10.1 Å². The molecular weight excluding hydrogens is 356 g/mol. The number of sulfonamides is 1. The van der Waals surface area contributed by atoms with Crippen molar-refractivity contribution in [1.82, 2.24) is 9.62 Å². The van der Waals surface area contributed by atoms with Gasteiger partial charge in [0.1, 0.15) is 0 Å². The Morgan fingerprint density at radius 1 is 1.43 bits per heavy atom. The number of likely N-dealkylation sites (N-methyl/N-ethyl adjacent to an activating group) is 1. The molecule has 1 aromatic carbocycles. The van der Waals surface area contributed by atoms with Crippen molar-refractivity contribution in [2.75, 3.05) is 27.3 Å². The fourth-order valence-corrected chi connectivity index (χ4v) is 4.95. The van der Waals surface area contributed by atoms with Crippen LogP contribution in [0.1, 0.15) is 19.4 Å². The fraction of sp³-hybridized carbons (Fsp3) is 0.571. The molecule has 0 aliphatic carbocycles. The lowest BCUT2D eigenvalue weighted by atomic mass is 10.2. The third kappa shape index (κ3) is 4.50. The van der Waals surface area contributed by atoms with Crippen LogP contribution in [0.25, 0.3) is 0 Å². The van der Waals surface area contributed by atoms with Crippen LogP contribution in [0.2, 0.25) is 0 Å². The summed E-state index contributed by atoms with van der Waals surface area (Å²) in [7, 11) is -0.129. The lowest BCUT2D eigenvalue weighted by Gasteiger charge is -2.27. The molecule has 0 saturated carbocycles. The Morgan fingerprint density at radius 3 is 2.57 bits per heavy atom. The van der Waals surface area contributed by atoms with Gasteiger partial charge in [-0.2, -0.15) is 4.31 Å². The van der Waals surface area contributed by atoms with Gasteiger partial charge in [-0.15, -0.1) is 0 Å². The van der Waals surface area contributed by atoms with Crippen molar-refractivity contribution >= 4 is 26.0 Å². The molecule has 1 rings (SSSR count). The molecule has 1 unspecified atom stereocenters. The van der Waals surface area contributed by atoms with Crippen molar-refractivity contribution in [1.29, 1.82) is 0 Å². The van der Waals surface area contributed by atoms with Crippen molar-refractivity contribution in [3.05, 3.63) is 28.2 Å². The third-order valence-corrected chi connectivity index (χ3v) is 6.24. The van der Waals surface area contributed by atoms with Gasteiger partial charge in [-0.3, -0.25) is 0 Å². The quantitative estimate of drug-likeness (QED) is 0.753. The average molecular weight is 379 g/mol. The molecule has 1 aromatic rings. The maximum Gasteiger partial charge on any atom is 0.244 e. The highest BCUT2D eigenvalue weighted by Crippen LogP contribution is 2.27. The molecule has 7 heteroatoms. The number of halogens is 1. The molecular formula is C14H23BrN2O3S. The maximum atomic E-state index is 12.8. The van der Waals surface area contributed by atoms with E-state index < -0.39 is 10.0 Å². The highest BCUT2D eigenvalue weighted by atomic mass is 79.9. The zero-order chi connectivity index (χ0) is 16.0. The first kappa shape index (κ1) is 18.6. The summed E-state index contributed by atoms with van der Waals surface area (Å²) >= 11 is 3.37. The van der Waals surface area contributed by atoms with Gasteiger partial charge in [0.25, 0.3) is 0 Å². The summed E-state index contributed by atoms with van der Waals surface area (Å²) in [6.45, 7) is 5.12. The number of hydrogen-bond acceptors (Lipinski definition) is 4. The highest BCUT2D eigenvalue weighted by molar-refractivity contribution is 9.10. The summed E-state index contributed by atoms with van der Waals surface area (Å²) in [6, 6.07) is 5.09. The Kier molecular flexibility index (Phi) is 7.29. The van der Waals surface area contributed by atoms with Crippen LogP contribution < -0.4 is 5.32 Å². The Hall–Kier alpha value is -0.470. The monoisotopic (exact) mass is 378 g/mol.